The number of anilines is 1. The maximum absolute atomic E-state index is 12.3. The van der Waals surface area contributed by atoms with Gasteiger partial charge in [-0.3, -0.25) is 24.7 Å². The van der Waals surface area contributed by atoms with Crippen molar-refractivity contribution in [1.29, 1.82) is 0 Å². The van der Waals surface area contributed by atoms with Crippen LogP contribution in [0.15, 0.2) is 42.5 Å². The second-order valence-electron chi connectivity index (χ2n) is 7.06. The molecule has 152 valence electrons. The molecular formula is C20H22N4O5. The Morgan fingerprint density at radius 2 is 1.76 bits per heavy atom. The monoisotopic (exact) mass is 398 g/mol. The minimum atomic E-state index is -0.496. The number of carbonyl (C=O) groups is 1. The Kier molecular flexibility index (Phi) is 5.59. The highest BCUT2D eigenvalue weighted by molar-refractivity contribution is 5.94. The predicted molar refractivity (Wildman–Crippen MR) is 106 cm³/mol. The second-order valence-corrected chi connectivity index (χ2v) is 7.06. The summed E-state index contributed by atoms with van der Waals surface area (Å²) in [6.45, 7) is 4.49. The lowest BCUT2D eigenvalue weighted by Gasteiger charge is -2.34. The van der Waals surface area contributed by atoms with E-state index in [1.54, 1.807) is 18.2 Å². The van der Waals surface area contributed by atoms with Crippen LogP contribution in [0.4, 0.5) is 11.4 Å². The van der Waals surface area contributed by atoms with Crippen molar-refractivity contribution in [3.05, 3.63) is 58.1 Å². The molecule has 2 aromatic rings. The van der Waals surface area contributed by atoms with E-state index in [0.717, 1.165) is 49.8 Å². The van der Waals surface area contributed by atoms with E-state index in [1.165, 1.54) is 6.07 Å². The molecule has 2 aromatic carbocycles. The number of amides is 1. The van der Waals surface area contributed by atoms with Gasteiger partial charge in [0, 0.05) is 38.8 Å². The summed E-state index contributed by atoms with van der Waals surface area (Å²) in [6, 6.07) is 12.1. The maximum Gasteiger partial charge on any atom is 0.292 e. The van der Waals surface area contributed by atoms with Gasteiger partial charge in [-0.1, -0.05) is 18.2 Å². The van der Waals surface area contributed by atoms with Gasteiger partial charge in [0.05, 0.1) is 11.5 Å². The number of ether oxygens (including phenoxy) is 2. The van der Waals surface area contributed by atoms with Crippen LogP contribution < -0.4 is 14.8 Å². The first kappa shape index (κ1) is 19.2. The number of nitro groups is 1. The third kappa shape index (κ3) is 4.64. The number of nitrogens with one attached hydrogen (secondary N) is 1. The molecule has 1 fully saturated rings. The van der Waals surface area contributed by atoms with Gasteiger partial charge in [-0.15, -0.1) is 0 Å². The topological polar surface area (TPSA) is 97.2 Å². The SMILES string of the molecule is O=C(CN1CCN(Cc2ccc3c(c2)OCO3)CC1)Nc1ccccc1[N+](=O)[O-]. The molecule has 0 aliphatic carbocycles. The lowest BCUT2D eigenvalue weighted by molar-refractivity contribution is -0.383. The third-order valence-corrected chi connectivity index (χ3v) is 5.05. The number of rotatable bonds is 6. The van der Waals surface area contributed by atoms with Gasteiger partial charge >= 0.3 is 0 Å². The predicted octanol–water partition coefficient (Wildman–Crippen LogP) is 2.08. The van der Waals surface area contributed by atoms with Crippen molar-refractivity contribution >= 4 is 17.3 Å². The number of nitro benzene ring substituents is 1. The number of hydrogen-bond acceptors (Lipinski definition) is 7. The Morgan fingerprint density at radius 3 is 2.55 bits per heavy atom. The summed E-state index contributed by atoms with van der Waals surface area (Å²) in [5.41, 5.74) is 1.29. The van der Waals surface area contributed by atoms with Crippen molar-refractivity contribution in [1.82, 2.24) is 9.80 Å². The van der Waals surface area contributed by atoms with Crippen LogP contribution in [0, 0.1) is 10.1 Å². The average Bonchev–Trinajstić information content (AvgIpc) is 3.17. The lowest BCUT2D eigenvalue weighted by Crippen LogP contribution is -2.48. The van der Waals surface area contributed by atoms with E-state index in [0.29, 0.717) is 0 Å². The molecular weight excluding hydrogens is 376 g/mol. The lowest BCUT2D eigenvalue weighted by atomic mass is 10.1. The molecule has 0 atom stereocenters. The Labute approximate surface area is 168 Å². The summed E-state index contributed by atoms with van der Waals surface area (Å²) in [6.07, 6.45) is 0. The highest BCUT2D eigenvalue weighted by Gasteiger charge is 2.21. The highest BCUT2D eigenvalue weighted by Crippen LogP contribution is 2.32. The van der Waals surface area contributed by atoms with Crippen molar-refractivity contribution in [3.63, 3.8) is 0 Å². The summed E-state index contributed by atoms with van der Waals surface area (Å²) in [4.78, 5) is 27.3. The fourth-order valence-corrected chi connectivity index (χ4v) is 3.53. The van der Waals surface area contributed by atoms with Gasteiger partial charge in [0.2, 0.25) is 12.7 Å². The van der Waals surface area contributed by atoms with Crippen molar-refractivity contribution in [2.45, 2.75) is 6.54 Å². The van der Waals surface area contributed by atoms with Gasteiger partial charge in [0.25, 0.3) is 5.69 Å². The molecule has 2 aliphatic heterocycles. The molecule has 0 saturated carbocycles. The number of benzene rings is 2. The van der Waals surface area contributed by atoms with Crippen LogP contribution in [0.2, 0.25) is 0 Å². The van der Waals surface area contributed by atoms with Crippen molar-refractivity contribution in [2.75, 3.05) is 44.8 Å². The molecule has 9 nitrogen and oxygen atoms in total. The zero-order valence-electron chi connectivity index (χ0n) is 15.9. The molecule has 4 rings (SSSR count). The summed E-state index contributed by atoms with van der Waals surface area (Å²) in [5, 5.41) is 13.7. The van der Waals surface area contributed by atoms with Crippen LogP contribution in [0.3, 0.4) is 0 Å². The van der Waals surface area contributed by atoms with E-state index in [9.17, 15) is 14.9 Å². The Morgan fingerprint density at radius 1 is 1.03 bits per heavy atom. The number of hydrogen-bond donors (Lipinski definition) is 1. The van der Waals surface area contributed by atoms with E-state index in [1.807, 2.05) is 18.2 Å². The van der Waals surface area contributed by atoms with Crippen molar-refractivity contribution in [2.24, 2.45) is 0 Å². The molecule has 0 aromatic heterocycles. The van der Waals surface area contributed by atoms with Gasteiger partial charge in [-0.25, -0.2) is 0 Å². The molecule has 1 amide bonds. The van der Waals surface area contributed by atoms with Crippen LogP contribution in [0.5, 0.6) is 11.5 Å². The number of fused-ring (bicyclic) bond motifs is 1. The zero-order chi connectivity index (χ0) is 20.2. The quantitative estimate of drug-likeness (QED) is 0.588. The first-order valence-electron chi connectivity index (χ1n) is 9.45. The van der Waals surface area contributed by atoms with E-state index >= 15 is 0 Å². The van der Waals surface area contributed by atoms with Gasteiger partial charge in [0.15, 0.2) is 11.5 Å². The van der Waals surface area contributed by atoms with Crippen molar-refractivity contribution in [3.8, 4) is 11.5 Å². The Bertz CT molecular complexity index is 911. The molecule has 9 heteroatoms. The maximum atomic E-state index is 12.3. The molecule has 0 radical (unpaired) electrons. The smallest absolute Gasteiger partial charge is 0.292 e. The summed E-state index contributed by atoms with van der Waals surface area (Å²) in [7, 11) is 0. The van der Waals surface area contributed by atoms with E-state index in [4.69, 9.17) is 9.47 Å². The highest BCUT2D eigenvalue weighted by atomic mass is 16.7. The number of nitrogens with zero attached hydrogens (tertiary/aromatic N) is 3. The molecule has 29 heavy (non-hydrogen) atoms. The van der Waals surface area contributed by atoms with Crippen LogP contribution in [0.1, 0.15) is 5.56 Å². The fraction of sp³-hybridized carbons (Fsp3) is 0.350. The first-order chi connectivity index (χ1) is 14.1. The van der Waals surface area contributed by atoms with Crippen LogP contribution in [-0.2, 0) is 11.3 Å². The van der Waals surface area contributed by atoms with Gasteiger partial charge < -0.3 is 14.8 Å². The van der Waals surface area contributed by atoms with Crippen molar-refractivity contribution < 1.29 is 19.2 Å². The molecule has 1 saturated heterocycles. The molecule has 1 N–H and O–H groups in total. The summed E-state index contributed by atoms with van der Waals surface area (Å²) < 4.78 is 10.8. The molecule has 2 aliphatic rings. The minimum absolute atomic E-state index is 0.102. The summed E-state index contributed by atoms with van der Waals surface area (Å²) in [5.74, 6) is 1.32. The minimum Gasteiger partial charge on any atom is -0.454 e. The second kappa shape index (κ2) is 8.46. The normalized spacial score (nSPS) is 16.6. The van der Waals surface area contributed by atoms with Crippen LogP contribution in [-0.4, -0.2) is 60.1 Å². The largest absolute Gasteiger partial charge is 0.454 e. The zero-order valence-corrected chi connectivity index (χ0v) is 15.9. The molecule has 0 unspecified atom stereocenters. The number of carbonyl (C=O) groups excluding carboxylic acids is 1. The number of para-hydroxylation sites is 2. The van der Waals surface area contributed by atoms with E-state index in [-0.39, 0.29) is 30.6 Å². The molecule has 2 heterocycles. The van der Waals surface area contributed by atoms with Crippen LogP contribution >= 0.6 is 0 Å². The fourth-order valence-electron chi connectivity index (χ4n) is 3.53. The standard InChI is InChI=1S/C20H22N4O5/c25-20(21-16-3-1-2-4-17(16)24(26)27)13-23-9-7-22(8-10-23)12-15-5-6-18-19(11-15)29-14-28-18/h1-6,11H,7-10,12-14H2,(H,21,25). The third-order valence-electron chi connectivity index (χ3n) is 5.05. The number of piperazine rings is 1. The Balaban J connectivity index is 1.26. The van der Waals surface area contributed by atoms with Gasteiger partial charge in [-0.05, 0) is 23.8 Å². The van der Waals surface area contributed by atoms with Gasteiger partial charge in [0.1, 0.15) is 5.69 Å². The summed E-state index contributed by atoms with van der Waals surface area (Å²) >= 11 is 0. The molecule has 0 bridgehead atoms. The van der Waals surface area contributed by atoms with E-state index in [2.05, 4.69) is 15.1 Å². The molecule has 0 spiro atoms. The first-order valence-corrected chi connectivity index (χ1v) is 9.45. The van der Waals surface area contributed by atoms with Gasteiger partial charge in [-0.2, -0.15) is 0 Å². The average molecular weight is 398 g/mol. The van der Waals surface area contributed by atoms with Crippen LogP contribution in [0.25, 0.3) is 0 Å². The van der Waals surface area contributed by atoms with E-state index < -0.39 is 4.92 Å². The Hall–Kier alpha value is -3.17.